The van der Waals surface area contributed by atoms with Gasteiger partial charge in [0, 0.05) is 5.56 Å². The summed E-state index contributed by atoms with van der Waals surface area (Å²) in [7, 11) is 0. The van der Waals surface area contributed by atoms with E-state index in [1.165, 1.54) is 18.4 Å². The molecule has 2 aromatic rings. The van der Waals surface area contributed by atoms with Crippen LogP contribution in [0.1, 0.15) is 30.0 Å². The first-order valence-electron chi connectivity index (χ1n) is 5.95. The molecular formula is C14H12ClIN2. The van der Waals surface area contributed by atoms with Crippen molar-refractivity contribution in [3.05, 3.63) is 44.2 Å². The highest BCUT2D eigenvalue weighted by molar-refractivity contribution is 14.1. The molecule has 0 atom stereocenters. The highest BCUT2D eigenvalue weighted by atomic mass is 127. The van der Waals surface area contributed by atoms with Gasteiger partial charge in [-0.2, -0.15) is 0 Å². The van der Waals surface area contributed by atoms with Gasteiger partial charge in [-0.15, -0.1) is 0 Å². The Balaban J connectivity index is 2.06. The molecule has 1 aliphatic rings. The minimum atomic E-state index is 0.537. The van der Waals surface area contributed by atoms with Crippen LogP contribution in [0.15, 0.2) is 24.3 Å². The highest BCUT2D eigenvalue weighted by Crippen LogP contribution is 2.40. The van der Waals surface area contributed by atoms with Crippen LogP contribution in [-0.2, 0) is 0 Å². The van der Waals surface area contributed by atoms with E-state index < -0.39 is 0 Å². The predicted molar refractivity (Wildman–Crippen MR) is 81.9 cm³/mol. The molecule has 1 saturated carbocycles. The van der Waals surface area contributed by atoms with Gasteiger partial charge in [0.15, 0.2) is 5.82 Å². The third-order valence-electron chi connectivity index (χ3n) is 3.17. The zero-order chi connectivity index (χ0) is 12.7. The molecule has 0 radical (unpaired) electrons. The van der Waals surface area contributed by atoms with Gasteiger partial charge in [0.05, 0.1) is 9.26 Å². The monoisotopic (exact) mass is 370 g/mol. The second kappa shape index (κ2) is 4.78. The van der Waals surface area contributed by atoms with Crippen LogP contribution in [0.25, 0.3) is 11.4 Å². The van der Waals surface area contributed by atoms with Gasteiger partial charge in [-0.25, -0.2) is 9.97 Å². The van der Waals surface area contributed by atoms with Crippen molar-refractivity contribution in [3.8, 4) is 11.4 Å². The third kappa shape index (κ3) is 2.38. The van der Waals surface area contributed by atoms with E-state index in [1.54, 1.807) is 0 Å². The summed E-state index contributed by atoms with van der Waals surface area (Å²) in [4.78, 5) is 8.89. The third-order valence-corrected chi connectivity index (χ3v) is 5.05. The van der Waals surface area contributed by atoms with Gasteiger partial charge in [0.1, 0.15) is 5.15 Å². The average molecular weight is 371 g/mol. The topological polar surface area (TPSA) is 25.8 Å². The summed E-state index contributed by atoms with van der Waals surface area (Å²) in [6.45, 7) is 1.96. The zero-order valence-electron chi connectivity index (χ0n) is 9.95. The average Bonchev–Trinajstić information content (AvgIpc) is 3.20. The van der Waals surface area contributed by atoms with Crippen molar-refractivity contribution in [2.24, 2.45) is 0 Å². The number of halogens is 2. The molecule has 0 N–H and O–H groups in total. The van der Waals surface area contributed by atoms with Gasteiger partial charge in [0.2, 0.25) is 0 Å². The van der Waals surface area contributed by atoms with Crippen LogP contribution in [0.5, 0.6) is 0 Å². The summed E-state index contributed by atoms with van der Waals surface area (Å²) in [5.74, 6) is 1.46. The fourth-order valence-corrected chi connectivity index (χ4v) is 2.46. The number of nitrogens with zero attached hydrogens (tertiary/aromatic N) is 2. The van der Waals surface area contributed by atoms with Gasteiger partial charge in [-0.1, -0.05) is 29.8 Å². The van der Waals surface area contributed by atoms with E-state index in [1.807, 2.05) is 13.0 Å². The summed E-state index contributed by atoms with van der Waals surface area (Å²) in [5, 5.41) is 0.537. The molecule has 0 spiro atoms. The van der Waals surface area contributed by atoms with Crippen molar-refractivity contribution < 1.29 is 0 Å². The molecule has 0 amide bonds. The predicted octanol–water partition coefficient (Wildman–Crippen LogP) is 4.59. The van der Waals surface area contributed by atoms with E-state index in [-0.39, 0.29) is 0 Å². The molecule has 1 aromatic heterocycles. The summed E-state index contributed by atoms with van der Waals surface area (Å²) in [6, 6.07) is 8.50. The molecule has 0 bridgehead atoms. The van der Waals surface area contributed by atoms with Crippen molar-refractivity contribution in [2.45, 2.75) is 25.7 Å². The minimum absolute atomic E-state index is 0.537. The maximum Gasteiger partial charge on any atom is 0.161 e. The standard InChI is InChI=1S/C14H12ClIN2/c1-8-12(16)13(15)18-14(17-8)11-4-2-3-10(7-11)9-5-6-9/h2-4,7,9H,5-6H2,1H3. The maximum atomic E-state index is 6.13. The Morgan fingerprint density at radius 3 is 2.72 bits per heavy atom. The Morgan fingerprint density at radius 1 is 1.28 bits per heavy atom. The number of aryl methyl sites for hydroxylation is 1. The van der Waals surface area contributed by atoms with E-state index in [9.17, 15) is 0 Å². The number of hydrogen-bond donors (Lipinski definition) is 0. The lowest BCUT2D eigenvalue weighted by Crippen LogP contribution is -1.96. The van der Waals surface area contributed by atoms with Crippen molar-refractivity contribution >= 4 is 34.2 Å². The van der Waals surface area contributed by atoms with Crippen LogP contribution in [0.2, 0.25) is 5.15 Å². The van der Waals surface area contributed by atoms with Crippen LogP contribution < -0.4 is 0 Å². The summed E-state index contributed by atoms with van der Waals surface area (Å²) in [6.07, 6.45) is 2.60. The number of rotatable bonds is 2. The Bertz CT molecular complexity index is 585. The molecule has 4 heteroatoms. The fourth-order valence-electron chi connectivity index (χ4n) is 2.00. The van der Waals surface area contributed by atoms with E-state index in [4.69, 9.17) is 11.6 Å². The number of benzene rings is 1. The molecule has 1 heterocycles. The van der Waals surface area contributed by atoms with Crippen LogP contribution in [0.3, 0.4) is 0 Å². The Morgan fingerprint density at radius 2 is 2.06 bits per heavy atom. The Kier molecular flexibility index (Phi) is 3.28. The molecular weight excluding hydrogens is 359 g/mol. The van der Waals surface area contributed by atoms with Crippen LogP contribution in [0.4, 0.5) is 0 Å². The van der Waals surface area contributed by atoms with Crippen molar-refractivity contribution in [1.82, 2.24) is 9.97 Å². The molecule has 0 unspecified atom stereocenters. The van der Waals surface area contributed by atoms with Gasteiger partial charge in [-0.05, 0) is 59.9 Å². The molecule has 0 aliphatic heterocycles. The SMILES string of the molecule is Cc1nc(-c2cccc(C3CC3)c2)nc(Cl)c1I. The molecule has 0 saturated heterocycles. The largest absolute Gasteiger partial charge is 0.232 e. The maximum absolute atomic E-state index is 6.13. The van der Waals surface area contributed by atoms with Crippen LogP contribution >= 0.6 is 34.2 Å². The van der Waals surface area contributed by atoms with Gasteiger partial charge in [0.25, 0.3) is 0 Å². The molecule has 1 aliphatic carbocycles. The molecule has 18 heavy (non-hydrogen) atoms. The normalized spacial score (nSPS) is 14.8. The summed E-state index contributed by atoms with van der Waals surface area (Å²) in [5.41, 5.74) is 3.38. The van der Waals surface area contributed by atoms with E-state index in [0.29, 0.717) is 5.15 Å². The van der Waals surface area contributed by atoms with Gasteiger partial charge in [-0.3, -0.25) is 0 Å². The highest BCUT2D eigenvalue weighted by Gasteiger charge is 2.23. The van der Waals surface area contributed by atoms with Crippen molar-refractivity contribution in [1.29, 1.82) is 0 Å². The first-order valence-corrected chi connectivity index (χ1v) is 7.41. The second-order valence-corrected chi connectivity index (χ2v) is 6.07. The smallest absolute Gasteiger partial charge is 0.161 e. The zero-order valence-corrected chi connectivity index (χ0v) is 12.9. The fraction of sp³-hybridized carbons (Fsp3) is 0.286. The Hall–Kier alpha value is -0.680. The van der Waals surface area contributed by atoms with Crippen molar-refractivity contribution in [3.63, 3.8) is 0 Å². The molecule has 92 valence electrons. The first kappa shape index (κ1) is 12.4. The minimum Gasteiger partial charge on any atom is -0.232 e. The quantitative estimate of drug-likeness (QED) is 0.571. The lowest BCUT2D eigenvalue weighted by atomic mass is 10.1. The first-order chi connectivity index (χ1) is 8.65. The second-order valence-electron chi connectivity index (χ2n) is 4.64. The number of aromatic nitrogens is 2. The summed E-state index contributed by atoms with van der Waals surface area (Å²) >= 11 is 8.30. The Labute approximate surface area is 125 Å². The number of hydrogen-bond acceptors (Lipinski definition) is 2. The van der Waals surface area contributed by atoms with E-state index in [0.717, 1.165) is 26.6 Å². The summed E-state index contributed by atoms with van der Waals surface area (Å²) < 4.78 is 0.927. The lowest BCUT2D eigenvalue weighted by molar-refractivity contribution is 1.08. The van der Waals surface area contributed by atoms with E-state index in [2.05, 4.69) is 50.8 Å². The van der Waals surface area contributed by atoms with Crippen LogP contribution in [0, 0.1) is 10.5 Å². The molecule has 1 fully saturated rings. The van der Waals surface area contributed by atoms with E-state index >= 15 is 0 Å². The molecule has 1 aromatic carbocycles. The van der Waals surface area contributed by atoms with Crippen LogP contribution in [-0.4, -0.2) is 9.97 Å². The van der Waals surface area contributed by atoms with Gasteiger partial charge >= 0.3 is 0 Å². The molecule has 3 rings (SSSR count). The van der Waals surface area contributed by atoms with Gasteiger partial charge < -0.3 is 0 Å². The van der Waals surface area contributed by atoms with Crippen molar-refractivity contribution in [2.75, 3.05) is 0 Å². The lowest BCUT2D eigenvalue weighted by Gasteiger charge is -2.06. The molecule has 2 nitrogen and oxygen atoms in total.